The fourth-order valence-corrected chi connectivity index (χ4v) is 13.4. The van der Waals surface area contributed by atoms with Gasteiger partial charge in [-0.2, -0.15) is 0 Å². The van der Waals surface area contributed by atoms with Crippen molar-refractivity contribution in [1.82, 2.24) is 0 Å². The number of esters is 1. The van der Waals surface area contributed by atoms with Crippen LogP contribution >= 0.6 is 0 Å². The molecule has 0 aliphatic heterocycles. The fourth-order valence-electron chi connectivity index (χ4n) is 13.4. The first-order valence-electron chi connectivity index (χ1n) is 18.6. The maximum absolute atomic E-state index is 14.5. The van der Waals surface area contributed by atoms with E-state index in [4.69, 9.17) is 4.74 Å². The number of Topliss-reactive ketones (excluding diaryl/α,β-unsaturated/α-hetero) is 2. The lowest BCUT2D eigenvalue weighted by Crippen LogP contribution is -2.66. The summed E-state index contributed by atoms with van der Waals surface area (Å²) in [6, 6.07) is 0. The molecule has 4 nitrogen and oxygen atoms in total. The zero-order valence-electron chi connectivity index (χ0n) is 29.4. The summed E-state index contributed by atoms with van der Waals surface area (Å²) in [6.45, 7) is 18.4. The van der Waals surface area contributed by atoms with Gasteiger partial charge in [0, 0.05) is 25.2 Å². The molecule has 0 radical (unpaired) electrons. The van der Waals surface area contributed by atoms with Gasteiger partial charge in [-0.05, 0) is 115 Å². The van der Waals surface area contributed by atoms with Crippen LogP contribution in [-0.2, 0) is 19.1 Å². The molecule has 0 bridgehead atoms. The maximum atomic E-state index is 14.5. The zero-order valence-corrected chi connectivity index (χ0v) is 29.4. The topological polar surface area (TPSA) is 60.4 Å². The molecule has 0 spiro atoms. The van der Waals surface area contributed by atoms with E-state index in [0.29, 0.717) is 42.3 Å². The Kier molecular flexibility index (Phi) is 8.18. The van der Waals surface area contributed by atoms with Crippen LogP contribution in [-0.4, -0.2) is 23.6 Å². The molecule has 0 amide bonds. The van der Waals surface area contributed by atoms with Crippen molar-refractivity contribution in [3.63, 3.8) is 0 Å². The second-order valence-electron chi connectivity index (χ2n) is 18.2. The molecule has 0 aromatic carbocycles. The molecule has 6 rings (SSSR count). The lowest BCUT2D eigenvalue weighted by atomic mass is 9.33. The van der Waals surface area contributed by atoms with Gasteiger partial charge < -0.3 is 4.74 Å². The number of hydrogen-bond donors (Lipinski definition) is 0. The molecule has 0 aromatic rings. The number of allylic oxidation sites excluding steroid dienone is 2. The largest absolute Gasteiger partial charge is 0.462 e. The molecule has 5 saturated carbocycles. The Bertz CT molecular complexity index is 1220. The summed E-state index contributed by atoms with van der Waals surface area (Å²) in [4.78, 5) is 40.4. The zero-order chi connectivity index (χ0) is 31.9. The standard InChI is InChI=1S/C40H62O4/c1-25(2)34-29(42)24-40(32(43)17-14-27-12-10-9-11-13-27)23-22-38(7)28(35(34)40)15-16-31-37(6)20-19-33(44-26(3)41)36(4,5)30(37)18-21-39(31,38)8/h25,27-28,30-31,33H,9-24H2,1-8H3/t28-,30+,31-,33+,37+,38-,39-,40+/m1/s1. The smallest absolute Gasteiger partial charge is 0.302 e. The van der Waals surface area contributed by atoms with Crippen molar-refractivity contribution >= 4 is 17.5 Å². The van der Waals surface area contributed by atoms with Gasteiger partial charge in [0.1, 0.15) is 11.9 Å². The Labute approximate surface area is 268 Å². The first-order valence-corrected chi connectivity index (χ1v) is 18.6. The Hall–Kier alpha value is -1.45. The number of rotatable bonds is 6. The first kappa shape index (κ1) is 32.5. The SMILES string of the molecule is CC(=O)O[C@H]1CC[C@]2(C)[C@H]3CC[C@@H]4C5=C(C(C)C)C(=O)C[C@]5(C(=O)CCC5CCCCC5)CC[C@@]4(C)[C@]3(C)CC[C@H]2C1(C)C. The summed E-state index contributed by atoms with van der Waals surface area (Å²) in [6.07, 6.45) is 17.2. The molecule has 0 saturated heterocycles. The molecule has 4 heteroatoms. The number of fused-ring (bicyclic) bond motifs is 7. The molecule has 0 N–H and O–H groups in total. The van der Waals surface area contributed by atoms with Crippen molar-refractivity contribution in [1.29, 1.82) is 0 Å². The van der Waals surface area contributed by atoms with Gasteiger partial charge in [0.25, 0.3) is 0 Å². The van der Waals surface area contributed by atoms with Crippen LogP contribution in [0.15, 0.2) is 11.1 Å². The quantitative estimate of drug-likeness (QED) is 0.282. The van der Waals surface area contributed by atoms with Gasteiger partial charge in [-0.15, -0.1) is 0 Å². The van der Waals surface area contributed by atoms with Crippen molar-refractivity contribution in [3.8, 4) is 0 Å². The van der Waals surface area contributed by atoms with E-state index in [0.717, 1.165) is 50.5 Å². The van der Waals surface area contributed by atoms with Gasteiger partial charge in [-0.25, -0.2) is 0 Å². The number of ketones is 2. The first-order chi connectivity index (χ1) is 20.6. The van der Waals surface area contributed by atoms with Gasteiger partial charge in [-0.3, -0.25) is 14.4 Å². The second kappa shape index (κ2) is 11.1. The minimum Gasteiger partial charge on any atom is -0.462 e. The van der Waals surface area contributed by atoms with Gasteiger partial charge >= 0.3 is 5.97 Å². The highest BCUT2D eigenvalue weighted by molar-refractivity contribution is 6.07. The average molecular weight is 607 g/mol. The Morgan fingerprint density at radius 2 is 1.52 bits per heavy atom. The summed E-state index contributed by atoms with van der Waals surface area (Å²) >= 11 is 0. The summed E-state index contributed by atoms with van der Waals surface area (Å²) in [5.41, 5.74) is 2.21. The lowest BCUT2D eigenvalue weighted by molar-refractivity contribution is -0.232. The van der Waals surface area contributed by atoms with Crippen LogP contribution in [0, 0.1) is 56.7 Å². The maximum Gasteiger partial charge on any atom is 0.302 e. The Morgan fingerprint density at radius 3 is 2.18 bits per heavy atom. The number of carbonyl (C=O) groups excluding carboxylic acids is 3. The van der Waals surface area contributed by atoms with E-state index in [1.165, 1.54) is 50.5 Å². The van der Waals surface area contributed by atoms with Gasteiger partial charge in [0.05, 0.1) is 5.41 Å². The average Bonchev–Trinajstić information content (AvgIpc) is 3.27. The Morgan fingerprint density at radius 1 is 0.818 bits per heavy atom. The number of carbonyl (C=O) groups is 3. The van der Waals surface area contributed by atoms with E-state index >= 15 is 0 Å². The Balaban J connectivity index is 1.34. The highest BCUT2D eigenvalue weighted by Gasteiger charge is 2.70. The summed E-state index contributed by atoms with van der Waals surface area (Å²) in [5.74, 6) is 2.83. The molecule has 0 heterocycles. The van der Waals surface area contributed by atoms with Crippen LogP contribution < -0.4 is 0 Å². The molecule has 0 aromatic heterocycles. The predicted octanol–water partition coefficient (Wildman–Crippen LogP) is 9.83. The summed E-state index contributed by atoms with van der Waals surface area (Å²) in [7, 11) is 0. The minimum atomic E-state index is -0.538. The molecule has 44 heavy (non-hydrogen) atoms. The third kappa shape index (κ3) is 4.59. The second-order valence-corrected chi connectivity index (χ2v) is 18.2. The predicted molar refractivity (Wildman–Crippen MR) is 176 cm³/mol. The number of ether oxygens (including phenoxy) is 1. The molecule has 0 unspecified atom stereocenters. The van der Waals surface area contributed by atoms with E-state index in [2.05, 4.69) is 48.5 Å². The highest BCUT2D eigenvalue weighted by Crippen LogP contribution is 2.77. The van der Waals surface area contributed by atoms with Crippen molar-refractivity contribution < 1.29 is 19.1 Å². The molecule has 246 valence electrons. The third-order valence-corrected chi connectivity index (χ3v) is 15.7. The molecule has 6 aliphatic rings. The fraction of sp³-hybridized carbons (Fsp3) is 0.875. The highest BCUT2D eigenvalue weighted by atomic mass is 16.5. The monoisotopic (exact) mass is 606 g/mol. The minimum absolute atomic E-state index is 0.00691. The summed E-state index contributed by atoms with van der Waals surface area (Å²) in [5, 5.41) is 0. The van der Waals surface area contributed by atoms with Crippen molar-refractivity contribution in [2.75, 3.05) is 0 Å². The van der Waals surface area contributed by atoms with Crippen LogP contribution in [0.5, 0.6) is 0 Å². The summed E-state index contributed by atoms with van der Waals surface area (Å²) < 4.78 is 5.94. The van der Waals surface area contributed by atoms with Gasteiger partial charge in [0.15, 0.2) is 5.78 Å². The number of hydrogen-bond acceptors (Lipinski definition) is 4. The van der Waals surface area contributed by atoms with Gasteiger partial charge in [-0.1, -0.05) is 80.6 Å². The van der Waals surface area contributed by atoms with Gasteiger partial charge in [0.2, 0.25) is 0 Å². The third-order valence-electron chi connectivity index (χ3n) is 15.7. The van der Waals surface area contributed by atoms with Crippen molar-refractivity contribution in [2.45, 2.75) is 164 Å². The van der Waals surface area contributed by atoms with E-state index in [1.54, 1.807) is 6.92 Å². The van der Waals surface area contributed by atoms with Crippen LogP contribution in [0.3, 0.4) is 0 Å². The van der Waals surface area contributed by atoms with Crippen molar-refractivity contribution in [3.05, 3.63) is 11.1 Å². The van der Waals surface area contributed by atoms with E-state index in [9.17, 15) is 14.4 Å². The van der Waals surface area contributed by atoms with Crippen molar-refractivity contribution in [2.24, 2.45) is 56.7 Å². The van der Waals surface area contributed by atoms with E-state index < -0.39 is 5.41 Å². The van der Waals surface area contributed by atoms with Crippen LogP contribution in [0.4, 0.5) is 0 Å². The molecule has 8 atom stereocenters. The van der Waals surface area contributed by atoms with E-state index in [1.807, 2.05) is 0 Å². The van der Waals surface area contributed by atoms with E-state index in [-0.39, 0.29) is 45.4 Å². The van der Waals surface area contributed by atoms with Crippen LogP contribution in [0.1, 0.15) is 158 Å². The molecular weight excluding hydrogens is 544 g/mol. The van der Waals surface area contributed by atoms with Crippen LogP contribution in [0.25, 0.3) is 0 Å². The molecule has 5 fully saturated rings. The normalized spacial score (nSPS) is 43.6. The molecular formula is C40H62O4. The molecule has 6 aliphatic carbocycles. The lowest BCUT2D eigenvalue weighted by Gasteiger charge is -2.72. The van der Waals surface area contributed by atoms with Crippen LogP contribution in [0.2, 0.25) is 0 Å².